The predicted molar refractivity (Wildman–Crippen MR) is 104 cm³/mol. The Kier molecular flexibility index (Phi) is 7.14. The Morgan fingerprint density at radius 2 is 2.08 bits per heavy atom. The fraction of sp³-hybridized carbons (Fsp3) is 0.650. The monoisotopic (exact) mass is 363 g/mol. The molecule has 1 heterocycles. The summed E-state index contributed by atoms with van der Waals surface area (Å²) in [6.45, 7) is 7.02. The van der Waals surface area contributed by atoms with Crippen LogP contribution in [-0.4, -0.2) is 68.8 Å². The number of ether oxygens (including phenoxy) is 2. The second kappa shape index (κ2) is 9.12. The Bertz CT molecular complexity index is 589. The lowest BCUT2D eigenvalue weighted by Crippen LogP contribution is -2.53. The molecule has 26 heavy (non-hydrogen) atoms. The maximum atomic E-state index is 12.5. The van der Waals surface area contributed by atoms with Crippen molar-refractivity contribution in [2.75, 3.05) is 47.4 Å². The molecule has 1 aromatic carbocycles. The average Bonchev–Trinajstić information content (AvgIpc) is 2.64. The number of rotatable bonds is 7. The van der Waals surface area contributed by atoms with Crippen LogP contribution in [0, 0.1) is 5.92 Å². The number of piperidine rings is 1. The van der Waals surface area contributed by atoms with E-state index in [0.29, 0.717) is 19.1 Å². The Morgan fingerprint density at radius 1 is 1.35 bits per heavy atom. The van der Waals surface area contributed by atoms with Gasteiger partial charge in [-0.05, 0) is 52.9 Å². The number of carbonyl (C=O) groups is 1. The van der Waals surface area contributed by atoms with Crippen LogP contribution in [-0.2, 0) is 0 Å². The number of carbonyl (C=O) groups excluding carboxylic acids is 1. The Hall–Kier alpha value is -1.95. The first kappa shape index (κ1) is 20.4. The summed E-state index contributed by atoms with van der Waals surface area (Å²) in [4.78, 5) is 16.5. The number of benzene rings is 1. The van der Waals surface area contributed by atoms with Crippen LogP contribution in [0.2, 0.25) is 0 Å². The number of hydrogen-bond donors (Lipinski definition) is 1. The van der Waals surface area contributed by atoms with Gasteiger partial charge in [0.1, 0.15) is 11.5 Å². The molecule has 2 amide bonds. The van der Waals surface area contributed by atoms with Crippen LogP contribution in [0.5, 0.6) is 11.5 Å². The van der Waals surface area contributed by atoms with Gasteiger partial charge in [0, 0.05) is 37.2 Å². The lowest BCUT2D eigenvalue weighted by Gasteiger charge is -2.36. The molecule has 0 aliphatic carbocycles. The fourth-order valence-electron chi connectivity index (χ4n) is 2.85. The minimum absolute atomic E-state index is 0.0194. The third-order valence-electron chi connectivity index (χ3n) is 5.22. The summed E-state index contributed by atoms with van der Waals surface area (Å²) in [6.07, 6.45) is 2.09. The average molecular weight is 364 g/mol. The van der Waals surface area contributed by atoms with Gasteiger partial charge in [-0.2, -0.15) is 0 Å². The van der Waals surface area contributed by atoms with E-state index in [1.165, 1.54) is 0 Å². The van der Waals surface area contributed by atoms with Gasteiger partial charge in [0.2, 0.25) is 0 Å². The highest BCUT2D eigenvalue weighted by Gasteiger charge is 2.26. The first-order valence-electron chi connectivity index (χ1n) is 9.29. The molecule has 1 saturated heterocycles. The van der Waals surface area contributed by atoms with Crippen molar-refractivity contribution in [1.29, 1.82) is 0 Å². The smallest absolute Gasteiger partial charge is 0.317 e. The van der Waals surface area contributed by atoms with E-state index in [4.69, 9.17) is 9.47 Å². The number of likely N-dealkylation sites (tertiary alicyclic amines) is 1. The number of hydrogen-bond acceptors (Lipinski definition) is 4. The molecule has 1 aliphatic rings. The highest BCUT2D eigenvalue weighted by atomic mass is 16.5. The summed E-state index contributed by atoms with van der Waals surface area (Å²) in [5, 5.41) is 3.07. The van der Waals surface area contributed by atoms with Gasteiger partial charge in [0.05, 0.1) is 13.7 Å². The summed E-state index contributed by atoms with van der Waals surface area (Å²) < 4.78 is 11.1. The highest BCUT2D eigenvalue weighted by molar-refractivity contribution is 5.74. The zero-order valence-electron chi connectivity index (χ0n) is 16.7. The minimum atomic E-state index is -0.0691. The maximum absolute atomic E-state index is 12.5. The first-order valence-corrected chi connectivity index (χ1v) is 9.29. The lowest BCUT2D eigenvalue weighted by molar-refractivity contribution is 0.131. The molecule has 0 saturated carbocycles. The normalized spacial score (nSPS) is 17.9. The Labute approximate surface area is 157 Å². The SMILES string of the molecule is COc1cccc(OC[C@@H]2CCCN(C(=O)NCC(C)(C)N(C)C)C2)c1. The van der Waals surface area contributed by atoms with Gasteiger partial charge in [-0.15, -0.1) is 0 Å². The molecule has 1 fully saturated rings. The van der Waals surface area contributed by atoms with Gasteiger partial charge in [-0.3, -0.25) is 0 Å². The summed E-state index contributed by atoms with van der Waals surface area (Å²) in [5.74, 6) is 1.94. The number of likely N-dealkylation sites (N-methyl/N-ethyl adjacent to an activating group) is 1. The molecular weight excluding hydrogens is 330 g/mol. The van der Waals surface area contributed by atoms with Gasteiger partial charge in [0.25, 0.3) is 0 Å². The summed E-state index contributed by atoms with van der Waals surface area (Å²) >= 11 is 0. The number of urea groups is 1. The van der Waals surface area contributed by atoms with Gasteiger partial charge < -0.3 is 24.6 Å². The van der Waals surface area contributed by atoms with Crippen molar-refractivity contribution in [1.82, 2.24) is 15.1 Å². The zero-order chi connectivity index (χ0) is 19.2. The summed E-state index contributed by atoms with van der Waals surface area (Å²) in [6, 6.07) is 7.65. The number of nitrogens with zero attached hydrogens (tertiary/aromatic N) is 2. The molecule has 0 unspecified atom stereocenters. The molecule has 6 nitrogen and oxygen atoms in total. The van der Waals surface area contributed by atoms with Crippen LogP contribution >= 0.6 is 0 Å². The van der Waals surface area contributed by atoms with Gasteiger partial charge >= 0.3 is 6.03 Å². The van der Waals surface area contributed by atoms with E-state index in [1.54, 1.807) is 7.11 Å². The predicted octanol–water partition coefficient (Wildman–Crippen LogP) is 2.84. The number of amides is 2. The molecule has 1 aliphatic heterocycles. The molecule has 1 aromatic rings. The Morgan fingerprint density at radius 3 is 2.77 bits per heavy atom. The lowest BCUT2D eigenvalue weighted by atomic mass is 9.99. The van der Waals surface area contributed by atoms with E-state index < -0.39 is 0 Å². The third-order valence-corrected chi connectivity index (χ3v) is 5.22. The van der Waals surface area contributed by atoms with Gasteiger partial charge in [-0.1, -0.05) is 6.07 Å². The summed E-state index contributed by atoms with van der Waals surface area (Å²) in [5.41, 5.74) is -0.0691. The molecule has 0 spiro atoms. The van der Waals surface area contributed by atoms with Crippen molar-refractivity contribution in [3.8, 4) is 11.5 Å². The molecule has 0 radical (unpaired) electrons. The molecule has 2 rings (SSSR count). The molecule has 0 bridgehead atoms. The van der Waals surface area contributed by atoms with E-state index in [0.717, 1.165) is 37.4 Å². The topological polar surface area (TPSA) is 54.0 Å². The van der Waals surface area contributed by atoms with Crippen LogP contribution in [0.25, 0.3) is 0 Å². The second-order valence-electron chi connectivity index (χ2n) is 7.81. The Balaban J connectivity index is 1.81. The van der Waals surface area contributed by atoms with Crippen LogP contribution in [0.15, 0.2) is 24.3 Å². The van der Waals surface area contributed by atoms with Crippen molar-refractivity contribution in [3.63, 3.8) is 0 Å². The quantitative estimate of drug-likeness (QED) is 0.809. The van der Waals surface area contributed by atoms with Crippen LogP contribution < -0.4 is 14.8 Å². The van der Waals surface area contributed by atoms with Crippen molar-refractivity contribution >= 4 is 6.03 Å². The van der Waals surface area contributed by atoms with E-state index >= 15 is 0 Å². The molecule has 1 atom stereocenters. The van der Waals surface area contributed by atoms with E-state index in [9.17, 15) is 4.79 Å². The van der Waals surface area contributed by atoms with E-state index in [1.807, 2.05) is 43.3 Å². The first-order chi connectivity index (χ1) is 12.3. The van der Waals surface area contributed by atoms with Crippen molar-refractivity contribution in [2.45, 2.75) is 32.2 Å². The zero-order valence-corrected chi connectivity index (χ0v) is 16.7. The van der Waals surface area contributed by atoms with Crippen molar-refractivity contribution < 1.29 is 14.3 Å². The van der Waals surface area contributed by atoms with E-state index in [2.05, 4.69) is 24.1 Å². The van der Waals surface area contributed by atoms with Crippen LogP contribution in [0.4, 0.5) is 4.79 Å². The van der Waals surface area contributed by atoms with Crippen molar-refractivity contribution in [2.24, 2.45) is 5.92 Å². The largest absolute Gasteiger partial charge is 0.497 e. The van der Waals surface area contributed by atoms with Gasteiger partial charge in [-0.25, -0.2) is 4.79 Å². The van der Waals surface area contributed by atoms with Crippen molar-refractivity contribution in [3.05, 3.63) is 24.3 Å². The van der Waals surface area contributed by atoms with E-state index in [-0.39, 0.29) is 11.6 Å². The second-order valence-corrected chi connectivity index (χ2v) is 7.81. The van der Waals surface area contributed by atoms with Crippen LogP contribution in [0.1, 0.15) is 26.7 Å². The molecular formula is C20H33N3O3. The summed E-state index contributed by atoms with van der Waals surface area (Å²) in [7, 11) is 5.70. The molecule has 0 aromatic heterocycles. The number of nitrogens with one attached hydrogen (secondary N) is 1. The molecule has 6 heteroatoms. The molecule has 146 valence electrons. The molecule has 1 N–H and O–H groups in total. The highest BCUT2D eigenvalue weighted by Crippen LogP contribution is 2.22. The number of methoxy groups -OCH3 is 1. The van der Waals surface area contributed by atoms with Crippen LogP contribution in [0.3, 0.4) is 0 Å². The third kappa shape index (κ3) is 5.80. The standard InChI is InChI=1S/C20H33N3O3/c1-20(2,22(3)4)15-21-19(24)23-11-7-8-16(13-23)14-26-18-10-6-9-17(12-18)25-5/h6,9-10,12,16H,7-8,11,13-15H2,1-5H3,(H,21,24)/t16-/m1/s1. The van der Waals surface area contributed by atoms with Gasteiger partial charge in [0.15, 0.2) is 0 Å². The minimum Gasteiger partial charge on any atom is -0.497 e. The fourth-order valence-corrected chi connectivity index (χ4v) is 2.85. The maximum Gasteiger partial charge on any atom is 0.317 e.